The maximum atomic E-state index is 13.2. The first-order valence-electron chi connectivity index (χ1n) is 11.1. The molecule has 1 aromatic carbocycles. The van der Waals surface area contributed by atoms with Crippen LogP contribution in [0.2, 0.25) is 0 Å². The van der Waals surface area contributed by atoms with Crippen LogP contribution in [0.15, 0.2) is 58.3 Å². The van der Waals surface area contributed by atoms with Gasteiger partial charge >= 0.3 is 5.69 Å². The van der Waals surface area contributed by atoms with Crippen LogP contribution in [0.5, 0.6) is 0 Å². The van der Waals surface area contributed by atoms with Crippen molar-refractivity contribution in [1.82, 2.24) is 23.7 Å². The van der Waals surface area contributed by atoms with E-state index in [9.17, 15) is 9.59 Å². The number of piperazine rings is 1. The Hall–Kier alpha value is -3.88. The number of nitrogens with zero attached hydrogens (tertiary/aromatic N) is 7. The molecule has 0 radical (unpaired) electrons. The van der Waals surface area contributed by atoms with Gasteiger partial charge in [0.05, 0.1) is 6.54 Å². The lowest BCUT2D eigenvalue weighted by Crippen LogP contribution is -2.47. The normalized spacial score (nSPS) is 14.3. The second-order valence-corrected chi connectivity index (χ2v) is 8.53. The minimum Gasteiger partial charge on any atom is -0.353 e. The molecule has 170 valence electrons. The van der Waals surface area contributed by atoms with Crippen molar-refractivity contribution in [2.45, 2.75) is 13.5 Å². The Bertz CT molecular complexity index is 1430. The number of hydrogen-bond acceptors (Lipinski definition) is 6. The van der Waals surface area contributed by atoms with E-state index in [0.717, 1.165) is 47.7 Å². The van der Waals surface area contributed by atoms with Crippen LogP contribution < -0.4 is 21.0 Å². The molecule has 1 fully saturated rings. The van der Waals surface area contributed by atoms with Crippen LogP contribution in [0.1, 0.15) is 11.1 Å². The Morgan fingerprint density at radius 1 is 0.909 bits per heavy atom. The minimum atomic E-state index is -0.376. The number of imidazole rings is 1. The van der Waals surface area contributed by atoms with Gasteiger partial charge in [0.2, 0.25) is 5.95 Å². The molecule has 0 saturated carbocycles. The van der Waals surface area contributed by atoms with Gasteiger partial charge in [0, 0.05) is 46.5 Å². The smallest absolute Gasteiger partial charge is 0.332 e. The molecule has 4 heterocycles. The SMILES string of the molecule is Cc1cccc(Cn2c(N3CCN(c4ccccn4)CC3)nc3c2c(=O)n(C)c(=O)n3C)c1. The van der Waals surface area contributed by atoms with Crippen molar-refractivity contribution in [3.8, 4) is 0 Å². The number of aromatic nitrogens is 5. The highest BCUT2D eigenvalue weighted by atomic mass is 16.2. The molecule has 9 heteroatoms. The zero-order valence-corrected chi connectivity index (χ0v) is 19.1. The van der Waals surface area contributed by atoms with Crippen molar-refractivity contribution in [2.24, 2.45) is 14.1 Å². The van der Waals surface area contributed by atoms with E-state index in [4.69, 9.17) is 4.98 Å². The number of benzene rings is 1. The van der Waals surface area contributed by atoms with Gasteiger partial charge in [-0.1, -0.05) is 35.9 Å². The summed E-state index contributed by atoms with van der Waals surface area (Å²) in [7, 11) is 3.18. The predicted octanol–water partition coefficient (Wildman–Crippen LogP) is 1.51. The Morgan fingerprint density at radius 2 is 1.67 bits per heavy atom. The fourth-order valence-corrected chi connectivity index (χ4v) is 4.50. The summed E-state index contributed by atoms with van der Waals surface area (Å²) in [6, 6.07) is 14.2. The fraction of sp³-hybridized carbons (Fsp3) is 0.333. The topological polar surface area (TPSA) is 81.2 Å². The van der Waals surface area contributed by atoms with Crippen molar-refractivity contribution < 1.29 is 0 Å². The van der Waals surface area contributed by atoms with Gasteiger partial charge in [0.15, 0.2) is 11.2 Å². The lowest BCUT2D eigenvalue weighted by Gasteiger charge is -2.36. The molecule has 9 nitrogen and oxygen atoms in total. The monoisotopic (exact) mass is 445 g/mol. The number of aryl methyl sites for hydroxylation is 2. The molecule has 0 bridgehead atoms. The lowest BCUT2D eigenvalue weighted by molar-refractivity contribution is 0.620. The van der Waals surface area contributed by atoms with Gasteiger partial charge in [-0.15, -0.1) is 0 Å². The molecular formula is C24H27N7O2. The Morgan fingerprint density at radius 3 is 2.36 bits per heavy atom. The van der Waals surface area contributed by atoms with E-state index >= 15 is 0 Å². The average Bonchev–Trinajstić information content (AvgIpc) is 3.21. The van der Waals surface area contributed by atoms with E-state index in [1.54, 1.807) is 13.2 Å². The van der Waals surface area contributed by atoms with Crippen molar-refractivity contribution in [2.75, 3.05) is 36.0 Å². The highest BCUT2D eigenvalue weighted by molar-refractivity contribution is 5.75. The summed E-state index contributed by atoms with van der Waals surface area (Å²) in [5, 5.41) is 0. The molecule has 33 heavy (non-hydrogen) atoms. The molecule has 4 aromatic rings. The summed E-state index contributed by atoms with van der Waals surface area (Å²) in [4.78, 5) is 39.4. The van der Waals surface area contributed by atoms with E-state index in [1.165, 1.54) is 11.6 Å². The number of anilines is 2. The van der Waals surface area contributed by atoms with E-state index in [-0.39, 0.29) is 11.2 Å². The maximum absolute atomic E-state index is 13.2. The Balaban J connectivity index is 1.58. The number of pyridine rings is 1. The highest BCUT2D eigenvalue weighted by Crippen LogP contribution is 2.24. The van der Waals surface area contributed by atoms with Gasteiger partial charge in [0.1, 0.15) is 5.82 Å². The van der Waals surface area contributed by atoms with E-state index < -0.39 is 0 Å². The van der Waals surface area contributed by atoms with Crippen LogP contribution in [0, 0.1) is 6.92 Å². The maximum Gasteiger partial charge on any atom is 0.332 e. The number of fused-ring (bicyclic) bond motifs is 1. The molecule has 0 N–H and O–H groups in total. The lowest BCUT2D eigenvalue weighted by atomic mass is 10.1. The molecule has 0 spiro atoms. The van der Waals surface area contributed by atoms with Gasteiger partial charge < -0.3 is 9.80 Å². The summed E-state index contributed by atoms with van der Waals surface area (Å²) in [5.41, 5.74) is 2.40. The molecular weight excluding hydrogens is 418 g/mol. The van der Waals surface area contributed by atoms with E-state index in [0.29, 0.717) is 23.7 Å². The third kappa shape index (κ3) is 3.69. The zero-order valence-electron chi connectivity index (χ0n) is 19.1. The molecule has 3 aromatic heterocycles. The van der Waals surface area contributed by atoms with Crippen molar-refractivity contribution in [3.63, 3.8) is 0 Å². The first-order chi connectivity index (χ1) is 15.9. The van der Waals surface area contributed by atoms with Crippen molar-refractivity contribution in [1.29, 1.82) is 0 Å². The second kappa shape index (κ2) is 8.23. The molecule has 0 amide bonds. The number of rotatable bonds is 4. The highest BCUT2D eigenvalue weighted by Gasteiger charge is 2.26. The van der Waals surface area contributed by atoms with Crippen LogP contribution >= 0.6 is 0 Å². The summed E-state index contributed by atoms with van der Waals surface area (Å²) in [6.07, 6.45) is 1.80. The third-order valence-electron chi connectivity index (χ3n) is 6.29. The zero-order chi connectivity index (χ0) is 23.1. The van der Waals surface area contributed by atoms with Crippen LogP contribution in [-0.2, 0) is 20.6 Å². The van der Waals surface area contributed by atoms with Gasteiger partial charge in [-0.05, 0) is 24.6 Å². The molecule has 1 aliphatic heterocycles. The van der Waals surface area contributed by atoms with E-state index in [1.807, 2.05) is 34.9 Å². The van der Waals surface area contributed by atoms with Crippen LogP contribution in [0.3, 0.4) is 0 Å². The van der Waals surface area contributed by atoms with Crippen LogP contribution in [-0.4, -0.2) is 49.8 Å². The van der Waals surface area contributed by atoms with Gasteiger partial charge in [-0.25, -0.2) is 9.78 Å². The van der Waals surface area contributed by atoms with Crippen LogP contribution in [0.4, 0.5) is 11.8 Å². The van der Waals surface area contributed by atoms with Crippen LogP contribution in [0.25, 0.3) is 11.2 Å². The quantitative estimate of drug-likeness (QED) is 0.474. The number of hydrogen-bond donors (Lipinski definition) is 0. The molecule has 5 rings (SSSR count). The molecule has 0 atom stereocenters. The molecule has 0 unspecified atom stereocenters. The summed E-state index contributed by atoms with van der Waals surface area (Å²) >= 11 is 0. The third-order valence-corrected chi connectivity index (χ3v) is 6.29. The predicted molar refractivity (Wildman–Crippen MR) is 129 cm³/mol. The Labute approximate surface area is 191 Å². The first-order valence-corrected chi connectivity index (χ1v) is 11.1. The molecule has 1 saturated heterocycles. The average molecular weight is 446 g/mol. The largest absolute Gasteiger partial charge is 0.353 e. The first kappa shape index (κ1) is 21.0. The molecule has 1 aliphatic rings. The minimum absolute atomic E-state index is 0.327. The standard InChI is InChI=1S/C24H27N7O2/c1-17-7-6-8-18(15-17)16-31-20-21(27(2)24(33)28(3)22(20)32)26-23(31)30-13-11-29(12-14-30)19-9-4-5-10-25-19/h4-10,15H,11-14,16H2,1-3H3. The molecule has 0 aliphatic carbocycles. The van der Waals surface area contributed by atoms with Crippen molar-refractivity contribution in [3.05, 3.63) is 80.6 Å². The summed E-state index contributed by atoms with van der Waals surface area (Å²) < 4.78 is 4.57. The van der Waals surface area contributed by atoms with E-state index in [2.05, 4.69) is 33.8 Å². The van der Waals surface area contributed by atoms with Gasteiger partial charge in [0.25, 0.3) is 5.56 Å². The summed E-state index contributed by atoms with van der Waals surface area (Å²) in [6.45, 7) is 5.62. The van der Waals surface area contributed by atoms with Crippen molar-refractivity contribution >= 4 is 22.9 Å². The van der Waals surface area contributed by atoms with Gasteiger partial charge in [-0.2, -0.15) is 4.98 Å². The summed E-state index contributed by atoms with van der Waals surface area (Å²) in [5.74, 6) is 1.67. The second-order valence-electron chi connectivity index (χ2n) is 8.53. The Kier molecular flexibility index (Phi) is 5.24. The van der Waals surface area contributed by atoms with Gasteiger partial charge in [-0.3, -0.25) is 18.5 Å². The fourth-order valence-electron chi connectivity index (χ4n) is 4.50.